The second kappa shape index (κ2) is 28.6. The molecule has 1 saturated heterocycles. The summed E-state index contributed by atoms with van der Waals surface area (Å²) in [6.45, 7) is 3.76. The van der Waals surface area contributed by atoms with E-state index in [4.69, 9.17) is 24.2 Å². The maximum atomic E-state index is 11.6. The van der Waals surface area contributed by atoms with E-state index in [1.165, 1.54) is 14.2 Å². The predicted octanol–water partition coefficient (Wildman–Crippen LogP) is 2.99. The fraction of sp³-hybridized carbons (Fsp3) is 0.792. The molecule has 1 unspecified atom stereocenters. The Morgan fingerprint density at radius 1 is 0.921 bits per heavy atom. The van der Waals surface area contributed by atoms with Crippen LogP contribution in [-0.4, -0.2) is 100.0 Å². The molecule has 14 heteroatoms. The standard InChI is InChI=1S/C16H26N2O8.C4H9NO3.4CH4/c1-3-12(11-25-16(22)17-8-10-23-2)24-9-4-5-15(21)26-18-13(19)6-7-14(18)20;1-8-3-2-5-4(6)7;;;;/h12H,3-11H2,1-2H3,(H,17,22);5H,2-3H2,1H3,(H,6,7);4*1H4. The van der Waals surface area contributed by atoms with Crippen molar-refractivity contribution in [2.24, 2.45) is 0 Å². The number of hydrogen-bond acceptors (Lipinski definition) is 10. The number of carbonyl (C=O) groups excluding carboxylic acids is 4. The lowest BCUT2D eigenvalue weighted by Gasteiger charge is -2.16. The van der Waals surface area contributed by atoms with Gasteiger partial charge in [0, 0.05) is 46.8 Å². The summed E-state index contributed by atoms with van der Waals surface area (Å²) in [6, 6.07) is 0. The van der Waals surface area contributed by atoms with Gasteiger partial charge < -0.3 is 39.5 Å². The molecule has 3 N–H and O–H groups in total. The molecule has 14 nitrogen and oxygen atoms in total. The molecule has 4 amide bonds. The topological polar surface area (TPSA) is 179 Å². The zero-order valence-electron chi connectivity index (χ0n) is 19.8. The van der Waals surface area contributed by atoms with Crippen LogP contribution in [0.4, 0.5) is 9.59 Å². The highest BCUT2D eigenvalue weighted by Gasteiger charge is 2.32. The molecule has 1 aliphatic rings. The molecular weight excluding hydrogens is 506 g/mol. The number of ether oxygens (including phenoxy) is 4. The van der Waals surface area contributed by atoms with E-state index in [0.717, 1.165) is 0 Å². The number of carbonyl (C=O) groups is 5. The molecule has 0 spiro atoms. The van der Waals surface area contributed by atoms with Crippen LogP contribution in [0.1, 0.15) is 68.7 Å². The van der Waals surface area contributed by atoms with Gasteiger partial charge in [-0.05, 0) is 12.8 Å². The van der Waals surface area contributed by atoms with Crippen molar-refractivity contribution < 1.29 is 52.9 Å². The van der Waals surface area contributed by atoms with Crippen LogP contribution in [0.2, 0.25) is 0 Å². The SMILES string of the molecule is C.C.C.C.CCC(COC(=O)NCCOC)OCCCC(=O)ON1C(=O)CCC1=O.COCCNC(=O)O. The number of hydrogen-bond donors (Lipinski definition) is 3. The van der Waals surface area contributed by atoms with Gasteiger partial charge in [-0.1, -0.05) is 36.6 Å². The Morgan fingerprint density at radius 2 is 1.45 bits per heavy atom. The van der Waals surface area contributed by atoms with Crippen LogP contribution in [0.5, 0.6) is 0 Å². The minimum absolute atomic E-state index is 0. The third kappa shape index (κ3) is 23.4. The van der Waals surface area contributed by atoms with E-state index in [1.807, 2.05) is 6.92 Å². The molecule has 0 aromatic heterocycles. The van der Waals surface area contributed by atoms with Crippen LogP contribution in [0.15, 0.2) is 0 Å². The summed E-state index contributed by atoms with van der Waals surface area (Å²) < 4.78 is 19.9. The van der Waals surface area contributed by atoms with E-state index >= 15 is 0 Å². The Balaban J connectivity index is -0.000000264. The highest BCUT2D eigenvalue weighted by Crippen LogP contribution is 2.13. The van der Waals surface area contributed by atoms with Crippen molar-refractivity contribution >= 4 is 30.0 Å². The van der Waals surface area contributed by atoms with Gasteiger partial charge >= 0.3 is 18.2 Å². The van der Waals surface area contributed by atoms with Gasteiger partial charge in [0.2, 0.25) is 0 Å². The Bertz CT molecular complexity index is 632. The first-order valence-corrected chi connectivity index (χ1v) is 10.8. The normalized spacial score (nSPS) is 12.1. The van der Waals surface area contributed by atoms with E-state index in [2.05, 4.69) is 15.4 Å². The first-order valence-electron chi connectivity index (χ1n) is 10.8. The quantitative estimate of drug-likeness (QED) is 0.199. The zero-order valence-corrected chi connectivity index (χ0v) is 19.8. The van der Waals surface area contributed by atoms with Gasteiger partial charge in [0.1, 0.15) is 6.61 Å². The summed E-state index contributed by atoms with van der Waals surface area (Å²) in [5.74, 6) is -1.68. The largest absolute Gasteiger partial charge is 0.465 e. The zero-order chi connectivity index (χ0) is 25.8. The third-order valence-electron chi connectivity index (χ3n) is 4.09. The smallest absolute Gasteiger partial charge is 0.407 e. The van der Waals surface area contributed by atoms with Crippen LogP contribution >= 0.6 is 0 Å². The van der Waals surface area contributed by atoms with E-state index in [0.29, 0.717) is 44.2 Å². The number of rotatable bonds is 15. The predicted molar refractivity (Wildman–Crippen MR) is 142 cm³/mol. The lowest BCUT2D eigenvalue weighted by Crippen LogP contribution is -2.32. The molecule has 0 aromatic rings. The Kier molecular flexibility index (Phi) is 33.9. The molecule has 0 saturated carbocycles. The molecule has 38 heavy (non-hydrogen) atoms. The van der Waals surface area contributed by atoms with E-state index in [9.17, 15) is 24.0 Å². The van der Waals surface area contributed by atoms with Crippen molar-refractivity contribution in [2.45, 2.75) is 74.8 Å². The fourth-order valence-corrected chi connectivity index (χ4v) is 2.29. The summed E-state index contributed by atoms with van der Waals surface area (Å²) in [7, 11) is 3.05. The summed E-state index contributed by atoms with van der Waals surface area (Å²) in [4.78, 5) is 60.2. The van der Waals surface area contributed by atoms with E-state index in [1.54, 1.807) is 0 Å². The Hall–Kier alpha value is -2.97. The summed E-state index contributed by atoms with van der Waals surface area (Å²) in [6.07, 6.45) is -0.737. The van der Waals surface area contributed by atoms with Crippen LogP contribution in [0.3, 0.4) is 0 Å². The minimum Gasteiger partial charge on any atom is -0.465 e. The molecule has 1 fully saturated rings. The number of carboxylic acid groups (broad SMARTS) is 1. The fourth-order valence-electron chi connectivity index (χ4n) is 2.29. The van der Waals surface area contributed by atoms with Crippen LogP contribution in [-0.2, 0) is 38.2 Å². The Morgan fingerprint density at radius 3 is 1.92 bits per heavy atom. The van der Waals surface area contributed by atoms with E-state index < -0.39 is 30.0 Å². The van der Waals surface area contributed by atoms with Crippen LogP contribution < -0.4 is 10.6 Å². The molecule has 1 aliphatic heterocycles. The van der Waals surface area contributed by atoms with Crippen molar-refractivity contribution in [1.82, 2.24) is 15.7 Å². The van der Waals surface area contributed by atoms with Crippen LogP contribution in [0, 0.1) is 0 Å². The van der Waals surface area contributed by atoms with Crippen LogP contribution in [0.25, 0.3) is 0 Å². The Labute approximate surface area is 227 Å². The number of methoxy groups -OCH3 is 2. The number of imide groups is 1. The molecule has 0 radical (unpaired) electrons. The molecule has 228 valence electrons. The average molecular weight is 558 g/mol. The third-order valence-corrected chi connectivity index (χ3v) is 4.09. The molecule has 0 aromatic carbocycles. The lowest BCUT2D eigenvalue weighted by atomic mass is 10.3. The number of nitrogens with one attached hydrogen (secondary N) is 2. The number of hydroxylamine groups is 2. The molecule has 1 heterocycles. The van der Waals surface area contributed by atoms with Gasteiger partial charge in [0.15, 0.2) is 0 Å². The highest BCUT2D eigenvalue weighted by molar-refractivity contribution is 6.01. The number of amides is 4. The van der Waals surface area contributed by atoms with Crippen molar-refractivity contribution in [3.63, 3.8) is 0 Å². The molecule has 0 aliphatic carbocycles. The van der Waals surface area contributed by atoms with Gasteiger partial charge in [-0.2, -0.15) is 0 Å². The number of alkyl carbamates (subject to hydrolysis) is 1. The molecule has 1 atom stereocenters. The maximum absolute atomic E-state index is 11.6. The minimum atomic E-state index is -1.01. The summed E-state index contributed by atoms with van der Waals surface area (Å²) in [5.41, 5.74) is 0. The van der Waals surface area contributed by atoms with Crippen molar-refractivity contribution in [3.05, 3.63) is 0 Å². The maximum Gasteiger partial charge on any atom is 0.407 e. The summed E-state index contributed by atoms with van der Waals surface area (Å²) in [5, 5.41) is 13.2. The molecule has 1 rings (SSSR count). The van der Waals surface area contributed by atoms with Gasteiger partial charge in [-0.15, -0.1) is 5.06 Å². The summed E-state index contributed by atoms with van der Waals surface area (Å²) >= 11 is 0. The lowest BCUT2D eigenvalue weighted by molar-refractivity contribution is -0.197. The van der Waals surface area contributed by atoms with Crippen molar-refractivity contribution in [2.75, 3.05) is 53.7 Å². The van der Waals surface area contributed by atoms with Crippen molar-refractivity contribution in [3.8, 4) is 0 Å². The second-order valence-corrected chi connectivity index (χ2v) is 6.79. The van der Waals surface area contributed by atoms with Gasteiger partial charge in [-0.3, -0.25) is 9.59 Å². The molecule has 0 bridgehead atoms. The highest BCUT2D eigenvalue weighted by atomic mass is 16.7. The first kappa shape index (κ1) is 45.0. The van der Waals surface area contributed by atoms with Gasteiger partial charge in [0.05, 0.1) is 25.7 Å². The number of nitrogens with zero attached hydrogens (tertiary/aromatic N) is 1. The van der Waals surface area contributed by atoms with E-state index in [-0.39, 0.29) is 68.3 Å². The van der Waals surface area contributed by atoms with Gasteiger partial charge in [-0.25, -0.2) is 14.4 Å². The average Bonchev–Trinajstić information content (AvgIpc) is 3.11. The first-order chi connectivity index (χ1) is 16.2. The monoisotopic (exact) mass is 557 g/mol. The molecular formula is C24H51N3O11. The van der Waals surface area contributed by atoms with Gasteiger partial charge in [0.25, 0.3) is 11.8 Å². The second-order valence-electron chi connectivity index (χ2n) is 6.79. The van der Waals surface area contributed by atoms with Crippen molar-refractivity contribution in [1.29, 1.82) is 0 Å².